The van der Waals surface area contributed by atoms with Crippen LogP contribution in [-0.2, 0) is 29.6 Å². The number of H-pyrrole nitrogens is 1. The molecule has 0 amide bonds. The number of para-hydroxylation sites is 1. The Labute approximate surface area is 321 Å². The third-order valence-corrected chi connectivity index (χ3v) is 9.11. The lowest BCUT2D eigenvalue weighted by Gasteiger charge is -2.29. The predicted molar refractivity (Wildman–Crippen MR) is 206 cm³/mol. The summed E-state index contributed by atoms with van der Waals surface area (Å²) >= 11 is 0. The lowest BCUT2D eigenvalue weighted by Crippen LogP contribution is -2.42. The maximum atomic E-state index is 17.0. The number of nitriles is 1. The molecule has 4 aromatic carbocycles. The van der Waals surface area contributed by atoms with Crippen molar-refractivity contribution >= 4 is 22.6 Å². The van der Waals surface area contributed by atoms with E-state index in [9.17, 15) is 10.1 Å². The summed E-state index contributed by atoms with van der Waals surface area (Å²) < 4.78 is 59.3. The number of anilines is 1. The molecular weight excluding hydrogens is 719 g/mol. The molecule has 0 bridgehead atoms. The molecule has 1 atom stereocenters. The Morgan fingerprint density at radius 1 is 0.946 bits per heavy atom. The Morgan fingerprint density at radius 3 is 2.46 bits per heavy atom. The van der Waals surface area contributed by atoms with Crippen LogP contribution in [0.1, 0.15) is 23.6 Å². The van der Waals surface area contributed by atoms with E-state index in [0.29, 0.717) is 11.4 Å². The monoisotopic (exact) mass is 754 g/mol. The van der Waals surface area contributed by atoms with Gasteiger partial charge < -0.3 is 33.4 Å². The van der Waals surface area contributed by atoms with Crippen LogP contribution >= 0.6 is 0 Å². The first kappa shape index (κ1) is 37.1. The summed E-state index contributed by atoms with van der Waals surface area (Å²) in [6, 6.07) is 28.8. The van der Waals surface area contributed by atoms with Crippen molar-refractivity contribution in [2.24, 2.45) is 7.05 Å². The van der Waals surface area contributed by atoms with E-state index in [4.69, 9.17) is 18.9 Å². The SMILES string of the molecule is CCOC(=O)C(Cc1c[nH]c2ccccc12)N(C)c1c(F)c(Oc2cccc(-c3nccn3C)c2)nc(Oc2cc(C#N)ccc2OCc2ccccc2)c1F. The average molecular weight is 755 g/mol. The van der Waals surface area contributed by atoms with Gasteiger partial charge in [-0.1, -0.05) is 60.7 Å². The van der Waals surface area contributed by atoms with Crippen molar-refractivity contribution in [1.29, 1.82) is 5.26 Å². The molecule has 0 saturated heterocycles. The largest absolute Gasteiger partial charge is 0.485 e. The van der Waals surface area contributed by atoms with Crippen LogP contribution in [0.15, 0.2) is 116 Å². The van der Waals surface area contributed by atoms with Gasteiger partial charge in [-0.3, -0.25) is 0 Å². The Balaban J connectivity index is 1.33. The molecular formula is C43H36F2N6O5. The molecule has 3 aromatic heterocycles. The van der Waals surface area contributed by atoms with E-state index in [1.807, 2.05) is 78.3 Å². The van der Waals surface area contributed by atoms with Gasteiger partial charge in [0, 0.05) is 61.6 Å². The number of hydrogen-bond acceptors (Lipinski definition) is 9. The third kappa shape index (κ3) is 7.85. The first-order chi connectivity index (χ1) is 27.2. The second kappa shape index (κ2) is 16.4. The van der Waals surface area contributed by atoms with Crippen molar-refractivity contribution in [2.75, 3.05) is 18.6 Å². The molecule has 3 heterocycles. The number of imidazole rings is 1. The molecule has 7 aromatic rings. The molecule has 13 heteroatoms. The number of carbonyl (C=O) groups is 1. The number of aryl methyl sites for hydroxylation is 1. The number of likely N-dealkylation sites (N-methyl/N-ethyl adjacent to an activating group) is 1. The van der Waals surface area contributed by atoms with Gasteiger partial charge in [0.05, 0.1) is 18.2 Å². The number of hydrogen-bond donors (Lipinski definition) is 1. The van der Waals surface area contributed by atoms with Gasteiger partial charge in [-0.25, -0.2) is 9.78 Å². The Bertz CT molecular complexity index is 2550. The molecule has 282 valence electrons. The maximum absolute atomic E-state index is 17.0. The number of benzene rings is 4. The number of fused-ring (bicyclic) bond motifs is 1. The predicted octanol–water partition coefficient (Wildman–Crippen LogP) is 8.89. The highest BCUT2D eigenvalue weighted by atomic mass is 19.1. The summed E-state index contributed by atoms with van der Waals surface area (Å²) in [5.41, 5.74) is 2.61. The number of aromatic amines is 1. The van der Waals surface area contributed by atoms with Crippen LogP contribution in [0.4, 0.5) is 14.5 Å². The van der Waals surface area contributed by atoms with Gasteiger partial charge in [0.2, 0.25) is 11.6 Å². The van der Waals surface area contributed by atoms with Gasteiger partial charge in [0.15, 0.2) is 11.5 Å². The molecule has 0 aliphatic heterocycles. The molecule has 1 N–H and O–H groups in total. The van der Waals surface area contributed by atoms with Crippen molar-refractivity contribution in [1.82, 2.24) is 19.5 Å². The normalized spacial score (nSPS) is 11.5. The van der Waals surface area contributed by atoms with Crippen molar-refractivity contribution in [3.8, 4) is 46.5 Å². The smallest absolute Gasteiger partial charge is 0.329 e. The molecule has 0 aliphatic carbocycles. The molecule has 0 radical (unpaired) electrons. The fourth-order valence-electron chi connectivity index (χ4n) is 6.29. The van der Waals surface area contributed by atoms with E-state index in [-0.39, 0.29) is 42.4 Å². The average Bonchev–Trinajstić information content (AvgIpc) is 3.84. The summed E-state index contributed by atoms with van der Waals surface area (Å²) in [5.74, 6) is -3.57. The van der Waals surface area contributed by atoms with Gasteiger partial charge in [-0.15, -0.1) is 0 Å². The number of halogens is 2. The highest BCUT2D eigenvalue weighted by molar-refractivity contribution is 5.86. The van der Waals surface area contributed by atoms with E-state index in [2.05, 4.69) is 15.0 Å². The summed E-state index contributed by atoms with van der Waals surface area (Å²) in [5, 5.41) is 10.6. The number of rotatable bonds is 14. The molecule has 11 nitrogen and oxygen atoms in total. The first-order valence-electron chi connectivity index (χ1n) is 17.7. The Hall–Kier alpha value is -7.20. The maximum Gasteiger partial charge on any atom is 0.329 e. The molecule has 0 spiro atoms. The molecule has 0 saturated carbocycles. The number of nitrogens with zero attached hydrogens (tertiary/aromatic N) is 5. The van der Waals surface area contributed by atoms with E-state index in [0.717, 1.165) is 26.9 Å². The van der Waals surface area contributed by atoms with Crippen LogP contribution in [0.5, 0.6) is 29.0 Å². The molecule has 7 rings (SSSR count). The van der Waals surface area contributed by atoms with Gasteiger partial charge in [-0.05, 0) is 48.4 Å². The minimum Gasteiger partial charge on any atom is -0.485 e. The second-order valence-corrected chi connectivity index (χ2v) is 12.8. The summed E-state index contributed by atoms with van der Waals surface area (Å²) in [6.45, 7) is 1.82. The van der Waals surface area contributed by atoms with Crippen LogP contribution in [0.3, 0.4) is 0 Å². The van der Waals surface area contributed by atoms with Gasteiger partial charge in [0.25, 0.3) is 11.8 Å². The molecule has 0 aliphatic rings. The molecule has 0 fully saturated rings. The minimum absolute atomic E-state index is 0.0281. The zero-order valence-corrected chi connectivity index (χ0v) is 30.7. The quantitative estimate of drug-likeness (QED) is 0.108. The number of ether oxygens (including phenoxy) is 4. The molecule has 1 unspecified atom stereocenters. The van der Waals surface area contributed by atoms with Gasteiger partial charge in [-0.2, -0.15) is 19.0 Å². The van der Waals surface area contributed by atoms with Gasteiger partial charge >= 0.3 is 5.97 Å². The fraction of sp³-hybridized carbons (Fsp3) is 0.163. The van der Waals surface area contributed by atoms with Crippen LogP contribution in [0, 0.1) is 23.0 Å². The Morgan fingerprint density at radius 2 is 1.71 bits per heavy atom. The number of nitrogens with one attached hydrogen (secondary N) is 1. The van der Waals surface area contributed by atoms with E-state index in [1.165, 1.54) is 25.2 Å². The zero-order valence-electron chi connectivity index (χ0n) is 30.7. The molecule has 56 heavy (non-hydrogen) atoms. The number of pyridine rings is 1. The number of aromatic nitrogens is 4. The van der Waals surface area contributed by atoms with Crippen LogP contribution in [0.25, 0.3) is 22.3 Å². The van der Waals surface area contributed by atoms with E-state index in [1.54, 1.807) is 43.7 Å². The second-order valence-electron chi connectivity index (χ2n) is 12.8. The topological polar surface area (TPSA) is 128 Å². The van der Waals surface area contributed by atoms with Crippen molar-refractivity contribution in [2.45, 2.75) is 26.0 Å². The highest BCUT2D eigenvalue weighted by Crippen LogP contribution is 2.41. The minimum atomic E-state index is -1.23. The highest BCUT2D eigenvalue weighted by Gasteiger charge is 2.34. The lowest BCUT2D eigenvalue weighted by molar-refractivity contribution is -0.144. The van der Waals surface area contributed by atoms with E-state index < -0.39 is 41.1 Å². The number of esters is 1. The summed E-state index contributed by atoms with van der Waals surface area (Å²) in [6.07, 6.45) is 5.21. The Kier molecular flexibility index (Phi) is 10.9. The van der Waals surface area contributed by atoms with Gasteiger partial charge in [0.1, 0.15) is 29.9 Å². The van der Waals surface area contributed by atoms with Crippen molar-refractivity contribution < 1.29 is 32.5 Å². The number of carbonyl (C=O) groups excluding carboxylic acids is 1. The van der Waals surface area contributed by atoms with Crippen molar-refractivity contribution in [3.05, 3.63) is 144 Å². The first-order valence-corrected chi connectivity index (χ1v) is 17.7. The van der Waals surface area contributed by atoms with Crippen molar-refractivity contribution in [3.63, 3.8) is 0 Å². The van der Waals surface area contributed by atoms with Crippen LogP contribution < -0.4 is 19.1 Å². The standard InChI is InChI=1S/C43H36F2N6O5/c1-4-53-43(52)34(23-30-25-48-33-16-9-8-15-32(30)33)51(3)39-37(44)41(55-31-14-10-13-29(22-31)40-47-19-20-50(40)2)49-42(38(39)45)56-36-21-28(24-46)17-18-35(36)54-26-27-11-6-5-7-12-27/h5-22,25,34,48H,4,23,26H2,1-3H3. The fourth-order valence-corrected chi connectivity index (χ4v) is 6.29. The zero-order chi connectivity index (χ0) is 39.2. The summed E-state index contributed by atoms with van der Waals surface area (Å²) in [7, 11) is 3.22. The van der Waals surface area contributed by atoms with Crippen LogP contribution in [-0.4, -0.2) is 45.2 Å². The van der Waals surface area contributed by atoms with Crippen LogP contribution in [0.2, 0.25) is 0 Å². The summed E-state index contributed by atoms with van der Waals surface area (Å²) in [4.78, 5) is 26.5. The third-order valence-electron chi connectivity index (χ3n) is 9.11. The van der Waals surface area contributed by atoms with E-state index >= 15 is 8.78 Å². The lowest BCUT2D eigenvalue weighted by atomic mass is 10.0.